The zero-order valence-corrected chi connectivity index (χ0v) is 14.2. The van der Waals surface area contributed by atoms with Crippen LogP contribution in [0.15, 0.2) is 6.33 Å². The molecule has 0 radical (unpaired) electrons. The Kier molecular flexibility index (Phi) is 3.59. The molecule has 0 aliphatic heterocycles. The predicted octanol–water partition coefficient (Wildman–Crippen LogP) is 2.65. The number of anilines is 2. The zero-order valence-electron chi connectivity index (χ0n) is 14.2. The first-order valence-electron chi connectivity index (χ1n) is 8.66. The third kappa shape index (κ3) is 2.68. The fourth-order valence-corrected chi connectivity index (χ4v) is 5.45. The van der Waals surface area contributed by atoms with Gasteiger partial charge in [0.2, 0.25) is 11.6 Å². The molecule has 0 saturated heterocycles. The standard InChI is InChI=1S/C16H24N6O2/c1-21(2)20-15-13(22(23)24)14(17-9-18-15)19-16-6-10-3-11(7-16)5-12(4-10)8-16/h9-12H,3-8H2,1-2H3,(H2,17,18,19,20). The van der Waals surface area contributed by atoms with Crippen LogP contribution in [0, 0.1) is 27.9 Å². The van der Waals surface area contributed by atoms with Crippen molar-refractivity contribution in [3.63, 3.8) is 0 Å². The van der Waals surface area contributed by atoms with Gasteiger partial charge in [0.15, 0.2) is 0 Å². The smallest absolute Gasteiger partial charge is 0.354 e. The van der Waals surface area contributed by atoms with Gasteiger partial charge in [-0.05, 0) is 56.3 Å². The third-order valence-corrected chi connectivity index (χ3v) is 5.76. The van der Waals surface area contributed by atoms with Gasteiger partial charge in [0.25, 0.3) is 0 Å². The Labute approximate surface area is 141 Å². The molecule has 1 heterocycles. The first-order valence-corrected chi connectivity index (χ1v) is 8.66. The van der Waals surface area contributed by atoms with E-state index in [2.05, 4.69) is 20.7 Å². The number of aromatic nitrogens is 2. The minimum atomic E-state index is -0.394. The van der Waals surface area contributed by atoms with Gasteiger partial charge in [-0.3, -0.25) is 15.5 Å². The first kappa shape index (κ1) is 15.6. The van der Waals surface area contributed by atoms with Crippen molar-refractivity contribution in [2.45, 2.75) is 44.1 Å². The van der Waals surface area contributed by atoms with Crippen LogP contribution in [0.5, 0.6) is 0 Å². The molecule has 4 fully saturated rings. The van der Waals surface area contributed by atoms with E-state index in [1.54, 1.807) is 19.1 Å². The molecule has 8 heteroatoms. The van der Waals surface area contributed by atoms with Gasteiger partial charge >= 0.3 is 5.69 Å². The van der Waals surface area contributed by atoms with Crippen LogP contribution < -0.4 is 10.7 Å². The number of nitro groups is 1. The number of nitrogens with zero attached hydrogens (tertiary/aromatic N) is 4. The van der Waals surface area contributed by atoms with Crippen molar-refractivity contribution in [3.8, 4) is 0 Å². The minimum absolute atomic E-state index is 0.0246. The fraction of sp³-hybridized carbons (Fsp3) is 0.750. The molecule has 0 amide bonds. The summed E-state index contributed by atoms with van der Waals surface area (Å²) in [6.07, 6.45) is 8.71. The molecular formula is C16H24N6O2. The van der Waals surface area contributed by atoms with E-state index in [-0.39, 0.29) is 17.0 Å². The SMILES string of the molecule is CN(C)Nc1ncnc(NC23CC4CC(CC(C4)C2)C3)c1[N+](=O)[O-]. The molecule has 4 aliphatic rings. The van der Waals surface area contributed by atoms with Crippen LogP contribution in [0.1, 0.15) is 38.5 Å². The van der Waals surface area contributed by atoms with Crippen LogP contribution in [0.3, 0.4) is 0 Å². The van der Waals surface area contributed by atoms with Gasteiger partial charge in [0.05, 0.1) is 4.92 Å². The molecule has 4 aliphatic carbocycles. The summed E-state index contributed by atoms with van der Waals surface area (Å²) >= 11 is 0. The lowest BCUT2D eigenvalue weighted by molar-refractivity contribution is -0.383. The van der Waals surface area contributed by atoms with Gasteiger partial charge < -0.3 is 5.32 Å². The second kappa shape index (κ2) is 5.54. The van der Waals surface area contributed by atoms with E-state index in [1.165, 1.54) is 25.6 Å². The number of hydrogen-bond donors (Lipinski definition) is 2. The lowest BCUT2D eigenvalue weighted by atomic mass is 9.53. The summed E-state index contributed by atoms with van der Waals surface area (Å²) in [4.78, 5) is 19.5. The summed E-state index contributed by atoms with van der Waals surface area (Å²) in [7, 11) is 3.55. The summed E-state index contributed by atoms with van der Waals surface area (Å²) in [6, 6.07) is 0. The summed E-state index contributed by atoms with van der Waals surface area (Å²) in [5.41, 5.74) is 2.81. The van der Waals surface area contributed by atoms with Crippen molar-refractivity contribution >= 4 is 17.3 Å². The van der Waals surface area contributed by atoms with Crippen LogP contribution in [0.4, 0.5) is 17.3 Å². The molecule has 8 nitrogen and oxygen atoms in total. The van der Waals surface area contributed by atoms with Gasteiger partial charge in [0.1, 0.15) is 6.33 Å². The normalized spacial score (nSPS) is 33.7. The summed E-state index contributed by atoms with van der Waals surface area (Å²) in [6.45, 7) is 0. The molecule has 4 saturated carbocycles. The largest absolute Gasteiger partial charge is 0.359 e. The highest BCUT2D eigenvalue weighted by Gasteiger charge is 2.51. The summed E-state index contributed by atoms with van der Waals surface area (Å²) in [5, 5.41) is 16.8. The lowest BCUT2D eigenvalue weighted by Crippen LogP contribution is -2.55. The van der Waals surface area contributed by atoms with Crippen molar-refractivity contribution in [1.29, 1.82) is 0 Å². The molecular weight excluding hydrogens is 308 g/mol. The van der Waals surface area contributed by atoms with Crippen LogP contribution in [-0.4, -0.2) is 39.5 Å². The van der Waals surface area contributed by atoms with Crippen LogP contribution in [-0.2, 0) is 0 Å². The van der Waals surface area contributed by atoms with E-state index in [0.717, 1.165) is 37.0 Å². The number of nitrogens with one attached hydrogen (secondary N) is 2. The highest BCUT2D eigenvalue weighted by atomic mass is 16.6. The zero-order chi connectivity index (χ0) is 16.9. The number of hydrazine groups is 1. The second-order valence-corrected chi connectivity index (χ2v) is 8.01. The average molecular weight is 332 g/mol. The summed E-state index contributed by atoms with van der Waals surface area (Å²) < 4.78 is 0. The van der Waals surface area contributed by atoms with E-state index < -0.39 is 4.92 Å². The van der Waals surface area contributed by atoms with Gasteiger partial charge in [-0.1, -0.05) is 0 Å². The molecule has 4 bridgehead atoms. The molecule has 0 aromatic carbocycles. The predicted molar refractivity (Wildman–Crippen MR) is 90.5 cm³/mol. The Morgan fingerprint density at radius 3 is 2.17 bits per heavy atom. The lowest BCUT2D eigenvalue weighted by Gasteiger charge is -2.57. The van der Waals surface area contributed by atoms with Crippen molar-refractivity contribution in [3.05, 3.63) is 16.4 Å². The molecule has 5 rings (SSSR count). The molecule has 0 unspecified atom stereocenters. The van der Waals surface area contributed by atoms with Crippen molar-refractivity contribution < 1.29 is 4.92 Å². The van der Waals surface area contributed by atoms with E-state index in [4.69, 9.17) is 0 Å². The van der Waals surface area contributed by atoms with Crippen molar-refractivity contribution in [2.24, 2.45) is 17.8 Å². The Bertz CT molecular complexity index is 627. The molecule has 1 aromatic rings. The van der Waals surface area contributed by atoms with E-state index in [0.29, 0.717) is 5.82 Å². The average Bonchev–Trinajstić information content (AvgIpc) is 2.44. The number of rotatable bonds is 5. The molecule has 24 heavy (non-hydrogen) atoms. The monoisotopic (exact) mass is 332 g/mol. The highest BCUT2D eigenvalue weighted by molar-refractivity contribution is 5.69. The molecule has 0 atom stereocenters. The number of hydrogen-bond acceptors (Lipinski definition) is 7. The molecule has 2 N–H and O–H groups in total. The fourth-order valence-electron chi connectivity index (χ4n) is 5.45. The Balaban J connectivity index is 1.66. The Morgan fingerprint density at radius 1 is 1.12 bits per heavy atom. The topological polar surface area (TPSA) is 96.2 Å². The molecule has 0 spiro atoms. The van der Waals surface area contributed by atoms with E-state index in [9.17, 15) is 10.1 Å². The highest BCUT2D eigenvalue weighted by Crippen LogP contribution is 2.56. The third-order valence-electron chi connectivity index (χ3n) is 5.76. The van der Waals surface area contributed by atoms with Crippen LogP contribution in [0.2, 0.25) is 0 Å². The quantitative estimate of drug-likeness (QED) is 0.632. The Hall–Kier alpha value is -1.96. The first-order chi connectivity index (χ1) is 11.4. The van der Waals surface area contributed by atoms with Gasteiger partial charge in [-0.25, -0.2) is 15.0 Å². The minimum Gasteiger partial charge on any atom is -0.359 e. The maximum atomic E-state index is 11.6. The van der Waals surface area contributed by atoms with Crippen LogP contribution >= 0.6 is 0 Å². The summed E-state index contributed by atoms with van der Waals surface area (Å²) in [5.74, 6) is 2.88. The van der Waals surface area contributed by atoms with Gasteiger partial charge in [0, 0.05) is 19.6 Å². The van der Waals surface area contributed by atoms with Gasteiger partial charge in [-0.2, -0.15) is 0 Å². The van der Waals surface area contributed by atoms with E-state index >= 15 is 0 Å². The van der Waals surface area contributed by atoms with E-state index in [1.807, 2.05) is 0 Å². The maximum absolute atomic E-state index is 11.6. The van der Waals surface area contributed by atoms with Crippen molar-refractivity contribution in [1.82, 2.24) is 15.0 Å². The maximum Gasteiger partial charge on any atom is 0.354 e. The molecule has 1 aromatic heterocycles. The van der Waals surface area contributed by atoms with Crippen LogP contribution in [0.25, 0.3) is 0 Å². The molecule has 130 valence electrons. The van der Waals surface area contributed by atoms with Crippen molar-refractivity contribution in [2.75, 3.05) is 24.8 Å². The second-order valence-electron chi connectivity index (χ2n) is 8.01. The Morgan fingerprint density at radius 2 is 1.67 bits per heavy atom. The van der Waals surface area contributed by atoms with Gasteiger partial charge in [-0.15, -0.1) is 0 Å².